The highest BCUT2D eigenvalue weighted by Gasteiger charge is 2.35. The summed E-state index contributed by atoms with van der Waals surface area (Å²) >= 11 is 0. The number of sulfonamides is 1. The maximum atomic E-state index is 15.0. The van der Waals surface area contributed by atoms with E-state index in [0.29, 0.717) is 25.3 Å². The molecule has 1 N–H and O–H groups in total. The molecule has 4 aromatic rings. The minimum absolute atomic E-state index is 0.0320. The molecule has 46 heavy (non-hydrogen) atoms. The van der Waals surface area contributed by atoms with Crippen molar-refractivity contribution in [3.05, 3.63) is 126 Å². The molecule has 4 rings (SSSR count). The first-order valence-corrected chi connectivity index (χ1v) is 16.4. The molecule has 0 aliphatic heterocycles. The fourth-order valence-corrected chi connectivity index (χ4v) is 6.28. The highest BCUT2D eigenvalue weighted by Crippen LogP contribution is 2.27. The van der Waals surface area contributed by atoms with Crippen LogP contribution in [0.4, 0.5) is 14.5 Å². The Morgan fingerprint density at radius 1 is 0.848 bits per heavy atom. The summed E-state index contributed by atoms with van der Waals surface area (Å²) in [4.78, 5) is 29.1. The van der Waals surface area contributed by atoms with Crippen molar-refractivity contribution in [3.63, 3.8) is 0 Å². The van der Waals surface area contributed by atoms with Gasteiger partial charge in [0.25, 0.3) is 10.0 Å². The molecule has 0 spiro atoms. The molecule has 8 nitrogen and oxygen atoms in total. The number of carbonyl (C=O) groups is 2. The molecule has 0 saturated heterocycles. The van der Waals surface area contributed by atoms with Gasteiger partial charge in [0.2, 0.25) is 11.8 Å². The van der Waals surface area contributed by atoms with Crippen LogP contribution in [0.5, 0.6) is 5.75 Å². The average Bonchev–Trinajstić information content (AvgIpc) is 3.06. The molecule has 11 heteroatoms. The topological polar surface area (TPSA) is 96.0 Å². The maximum Gasteiger partial charge on any atom is 0.264 e. The molecule has 2 amide bonds. The van der Waals surface area contributed by atoms with Crippen molar-refractivity contribution in [2.45, 2.75) is 44.2 Å². The van der Waals surface area contributed by atoms with Crippen LogP contribution < -0.4 is 14.4 Å². The lowest BCUT2D eigenvalue weighted by Gasteiger charge is -2.34. The minimum atomic E-state index is -4.39. The molecule has 1 atom stereocenters. The molecule has 0 aliphatic carbocycles. The summed E-state index contributed by atoms with van der Waals surface area (Å²) in [5.74, 6) is -1.92. The first-order chi connectivity index (χ1) is 22.1. The number of rotatable bonds is 15. The second kappa shape index (κ2) is 16.0. The van der Waals surface area contributed by atoms with Crippen molar-refractivity contribution in [1.29, 1.82) is 0 Å². The number of halogens is 2. The van der Waals surface area contributed by atoms with E-state index in [1.54, 1.807) is 25.1 Å². The van der Waals surface area contributed by atoms with Crippen LogP contribution >= 0.6 is 0 Å². The molecule has 0 radical (unpaired) electrons. The first-order valence-electron chi connectivity index (χ1n) is 15.0. The number of nitrogens with zero attached hydrogens (tertiary/aromatic N) is 2. The van der Waals surface area contributed by atoms with E-state index >= 15 is 0 Å². The van der Waals surface area contributed by atoms with Gasteiger partial charge in [-0.3, -0.25) is 13.9 Å². The van der Waals surface area contributed by atoms with E-state index in [0.717, 1.165) is 22.0 Å². The first kappa shape index (κ1) is 34.1. The number of nitrogens with one attached hydrogen (secondary N) is 1. The lowest BCUT2D eigenvalue weighted by Crippen LogP contribution is -2.53. The normalized spacial score (nSPS) is 11.8. The Morgan fingerprint density at radius 3 is 2.13 bits per heavy atom. The van der Waals surface area contributed by atoms with Gasteiger partial charge in [-0.05, 0) is 73.5 Å². The predicted molar refractivity (Wildman–Crippen MR) is 173 cm³/mol. The standard InChI is InChI=1S/C35H37F2N3O5S/c1-3-22-38-35(42)33(23-26-10-6-5-7-11-26)39(24-27-12-8-9-13-32(27)37)34(41)25-40(29-16-14-28(36)15-17-29)46(43,44)31-20-18-30(19-21-31)45-4-2/h5-21,33H,3-4,22-25H2,1-2H3,(H,38,42)/t33-/m1/s1. The summed E-state index contributed by atoms with van der Waals surface area (Å²) in [6.07, 6.45) is 0.739. The van der Waals surface area contributed by atoms with Crippen LogP contribution in [0.2, 0.25) is 0 Å². The Bertz CT molecular complexity index is 1700. The zero-order valence-electron chi connectivity index (χ0n) is 25.7. The van der Waals surface area contributed by atoms with Gasteiger partial charge in [0.05, 0.1) is 17.2 Å². The van der Waals surface area contributed by atoms with Crippen molar-refractivity contribution in [1.82, 2.24) is 10.2 Å². The van der Waals surface area contributed by atoms with Crippen LogP contribution in [0.3, 0.4) is 0 Å². The van der Waals surface area contributed by atoms with Gasteiger partial charge < -0.3 is 15.0 Å². The largest absolute Gasteiger partial charge is 0.494 e. The van der Waals surface area contributed by atoms with Gasteiger partial charge in [0.1, 0.15) is 30.0 Å². The monoisotopic (exact) mass is 649 g/mol. The molecule has 242 valence electrons. The Kier molecular flexibility index (Phi) is 11.9. The van der Waals surface area contributed by atoms with E-state index < -0.39 is 46.1 Å². The number of amides is 2. The summed E-state index contributed by atoms with van der Waals surface area (Å²) in [5, 5.41) is 2.84. The van der Waals surface area contributed by atoms with Crippen LogP contribution in [0, 0.1) is 11.6 Å². The molecular formula is C35H37F2N3O5S. The number of benzene rings is 4. The van der Waals surface area contributed by atoms with Crippen molar-refractivity contribution in [3.8, 4) is 5.75 Å². The number of carbonyl (C=O) groups excluding carboxylic acids is 2. The Hall–Kier alpha value is -4.77. The van der Waals surface area contributed by atoms with Gasteiger partial charge in [-0.2, -0.15) is 0 Å². The van der Waals surface area contributed by atoms with Crippen molar-refractivity contribution in [2.75, 3.05) is 24.0 Å². The van der Waals surface area contributed by atoms with Crippen LogP contribution in [-0.4, -0.2) is 50.9 Å². The van der Waals surface area contributed by atoms with Crippen molar-refractivity contribution >= 4 is 27.5 Å². The van der Waals surface area contributed by atoms with E-state index in [1.807, 2.05) is 25.1 Å². The van der Waals surface area contributed by atoms with Crippen LogP contribution in [0.1, 0.15) is 31.4 Å². The third kappa shape index (κ3) is 8.69. The summed E-state index contributed by atoms with van der Waals surface area (Å²) in [5.41, 5.74) is 0.937. The number of anilines is 1. The lowest BCUT2D eigenvalue weighted by atomic mass is 10.0. The number of hydrogen-bond donors (Lipinski definition) is 1. The average molecular weight is 650 g/mol. The fraction of sp³-hybridized carbons (Fsp3) is 0.257. The van der Waals surface area contributed by atoms with Gasteiger partial charge in [0.15, 0.2) is 0 Å². The van der Waals surface area contributed by atoms with E-state index in [-0.39, 0.29) is 29.1 Å². The van der Waals surface area contributed by atoms with Crippen LogP contribution in [-0.2, 0) is 32.6 Å². The van der Waals surface area contributed by atoms with Gasteiger partial charge in [-0.15, -0.1) is 0 Å². The maximum absolute atomic E-state index is 15.0. The molecule has 0 heterocycles. The predicted octanol–water partition coefficient (Wildman–Crippen LogP) is 5.73. The molecule has 0 saturated carbocycles. The molecule has 4 aromatic carbocycles. The summed E-state index contributed by atoms with van der Waals surface area (Å²) < 4.78 is 63.4. The molecule has 0 bridgehead atoms. The van der Waals surface area contributed by atoms with Gasteiger partial charge >= 0.3 is 0 Å². The SMILES string of the molecule is CCCNC(=O)[C@@H](Cc1ccccc1)N(Cc1ccccc1F)C(=O)CN(c1ccc(F)cc1)S(=O)(=O)c1ccc(OCC)cc1. The van der Waals surface area contributed by atoms with Gasteiger partial charge in [-0.1, -0.05) is 55.5 Å². The van der Waals surface area contributed by atoms with Gasteiger partial charge in [-0.25, -0.2) is 17.2 Å². The van der Waals surface area contributed by atoms with E-state index in [9.17, 15) is 26.8 Å². The smallest absolute Gasteiger partial charge is 0.264 e. The van der Waals surface area contributed by atoms with E-state index in [1.165, 1.54) is 59.5 Å². The van der Waals surface area contributed by atoms with E-state index in [2.05, 4.69) is 5.32 Å². The Balaban J connectivity index is 1.79. The highest BCUT2D eigenvalue weighted by molar-refractivity contribution is 7.92. The van der Waals surface area contributed by atoms with E-state index in [4.69, 9.17) is 4.74 Å². The zero-order chi connectivity index (χ0) is 33.1. The number of ether oxygens (including phenoxy) is 1. The second-order valence-electron chi connectivity index (χ2n) is 10.5. The fourth-order valence-electron chi connectivity index (χ4n) is 4.87. The Morgan fingerprint density at radius 2 is 1.50 bits per heavy atom. The lowest BCUT2D eigenvalue weighted by molar-refractivity contribution is -0.140. The van der Waals surface area contributed by atoms with Crippen molar-refractivity contribution < 1.29 is 31.5 Å². The highest BCUT2D eigenvalue weighted by atomic mass is 32.2. The van der Waals surface area contributed by atoms with Crippen LogP contribution in [0.25, 0.3) is 0 Å². The molecule has 0 aromatic heterocycles. The second-order valence-corrected chi connectivity index (χ2v) is 12.4. The minimum Gasteiger partial charge on any atom is -0.494 e. The molecule has 0 fully saturated rings. The quantitative estimate of drug-likeness (QED) is 0.178. The number of hydrogen-bond acceptors (Lipinski definition) is 5. The summed E-state index contributed by atoms with van der Waals surface area (Å²) in [7, 11) is -4.39. The molecule has 0 unspecified atom stereocenters. The molecule has 0 aliphatic rings. The van der Waals surface area contributed by atoms with Crippen molar-refractivity contribution in [2.24, 2.45) is 0 Å². The Labute approximate surface area is 268 Å². The third-order valence-corrected chi connectivity index (χ3v) is 9.02. The summed E-state index contributed by atoms with van der Waals surface area (Å²) in [6, 6.07) is 24.2. The zero-order valence-corrected chi connectivity index (χ0v) is 26.6. The summed E-state index contributed by atoms with van der Waals surface area (Å²) in [6.45, 7) is 3.37. The molecular weight excluding hydrogens is 612 g/mol. The van der Waals surface area contributed by atoms with Gasteiger partial charge in [0, 0.05) is 25.1 Å². The van der Waals surface area contributed by atoms with Crippen LogP contribution in [0.15, 0.2) is 108 Å². The third-order valence-electron chi connectivity index (χ3n) is 7.24.